The number of methoxy groups -OCH3 is 1. The summed E-state index contributed by atoms with van der Waals surface area (Å²) in [5, 5.41) is 1.20. The number of carbonyl (C=O) groups excluding carboxylic acids is 2. The Labute approximate surface area is 175 Å². The number of carbonyl (C=O) groups is 2. The van der Waals surface area contributed by atoms with Crippen LogP contribution in [-0.4, -0.2) is 65.4 Å². The van der Waals surface area contributed by atoms with Gasteiger partial charge in [-0.1, -0.05) is 0 Å². The van der Waals surface area contributed by atoms with Crippen LogP contribution in [0.1, 0.15) is 33.6 Å². The Morgan fingerprint density at radius 1 is 1.10 bits per heavy atom. The molecule has 162 valence electrons. The number of amides is 2. The van der Waals surface area contributed by atoms with Crippen LogP contribution in [0.15, 0.2) is 30.6 Å². The molecule has 30 heavy (non-hydrogen) atoms. The summed E-state index contributed by atoms with van der Waals surface area (Å²) >= 11 is 0. The van der Waals surface area contributed by atoms with Crippen molar-refractivity contribution in [3.8, 4) is 0 Å². The van der Waals surface area contributed by atoms with Gasteiger partial charge in [0.1, 0.15) is 16.8 Å². The first-order valence-corrected chi connectivity index (χ1v) is 9.82. The number of likely N-dealkylation sites (tertiary alicyclic amines) is 1. The molecule has 0 aliphatic carbocycles. The predicted octanol–water partition coefficient (Wildman–Crippen LogP) is 2.94. The zero-order valence-electron chi connectivity index (χ0n) is 18.0. The van der Waals surface area contributed by atoms with Crippen molar-refractivity contribution in [3.05, 3.63) is 30.6 Å². The first-order valence-electron chi connectivity index (χ1n) is 9.82. The minimum atomic E-state index is -1.13. The van der Waals surface area contributed by atoms with Crippen molar-refractivity contribution in [1.82, 2.24) is 14.9 Å². The van der Waals surface area contributed by atoms with Gasteiger partial charge in [-0.15, -0.1) is 0 Å². The Kier molecular flexibility index (Phi) is 6.23. The molecule has 1 fully saturated rings. The van der Waals surface area contributed by atoms with Gasteiger partial charge in [0.2, 0.25) is 0 Å². The molecule has 0 spiro atoms. The fourth-order valence-corrected chi connectivity index (χ4v) is 3.49. The third-order valence-corrected chi connectivity index (χ3v) is 5.06. The number of pyridine rings is 2. The van der Waals surface area contributed by atoms with Gasteiger partial charge in [0, 0.05) is 45.4 Å². The normalized spacial score (nSPS) is 16.4. The maximum absolute atomic E-state index is 13.5. The molecule has 9 heteroatoms. The highest BCUT2D eigenvalue weighted by Gasteiger charge is 2.46. The number of aromatic nitrogens is 2. The second-order valence-corrected chi connectivity index (χ2v) is 8.15. The van der Waals surface area contributed by atoms with Crippen LogP contribution < -0.4 is 5.06 Å². The van der Waals surface area contributed by atoms with E-state index in [-0.39, 0.29) is 5.91 Å². The van der Waals surface area contributed by atoms with Gasteiger partial charge < -0.3 is 14.4 Å². The lowest BCUT2D eigenvalue weighted by molar-refractivity contribution is -0.153. The summed E-state index contributed by atoms with van der Waals surface area (Å²) in [5.74, 6) is -0.352. The largest absolute Gasteiger partial charge is 0.444 e. The Bertz CT molecular complexity index is 914. The second-order valence-electron chi connectivity index (χ2n) is 8.15. The van der Waals surface area contributed by atoms with E-state index in [2.05, 4.69) is 9.97 Å². The third kappa shape index (κ3) is 4.36. The molecule has 0 N–H and O–H groups in total. The fraction of sp³-hybridized carbons (Fsp3) is 0.524. The molecule has 0 saturated carbocycles. The molecule has 3 rings (SSSR count). The van der Waals surface area contributed by atoms with Crippen LogP contribution in [0.25, 0.3) is 11.0 Å². The van der Waals surface area contributed by atoms with E-state index in [1.54, 1.807) is 29.4 Å². The molecule has 9 nitrogen and oxygen atoms in total. The SMILES string of the molecule is CON(C(=O)C1(OC)CCN(C(=O)OC(C)(C)C)CC1)c1ccnc2cccnc12. The number of rotatable bonds is 4. The van der Waals surface area contributed by atoms with E-state index in [0.29, 0.717) is 42.7 Å². The standard InChI is InChI=1S/C21H28N4O5/c1-20(2,3)30-19(27)24-13-9-21(28-4,10-14-24)18(26)25(29-5)16-8-12-22-15-7-6-11-23-17(15)16/h6-8,11-12H,9-10,13-14H2,1-5H3. The van der Waals surface area contributed by atoms with Gasteiger partial charge in [0.25, 0.3) is 5.91 Å². The molecule has 2 aromatic rings. The highest BCUT2D eigenvalue weighted by molar-refractivity contribution is 6.03. The number of fused-ring (bicyclic) bond motifs is 1. The number of hydrogen-bond donors (Lipinski definition) is 0. The minimum Gasteiger partial charge on any atom is -0.444 e. The number of nitrogens with zero attached hydrogens (tertiary/aromatic N) is 4. The summed E-state index contributed by atoms with van der Waals surface area (Å²) in [7, 11) is 2.92. The lowest BCUT2D eigenvalue weighted by Crippen LogP contribution is -2.57. The van der Waals surface area contributed by atoms with Gasteiger partial charge in [0.05, 0.1) is 12.6 Å². The summed E-state index contributed by atoms with van der Waals surface area (Å²) < 4.78 is 11.1. The minimum absolute atomic E-state index is 0.317. The number of hydrogen-bond acceptors (Lipinski definition) is 7. The first-order chi connectivity index (χ1) is 14.2. The topological polar surface area (TPSA) is 94.1 Å². The zero-order valence-corrected chi connectivity index (χ0v) is 18.0. The zero-order chi connectivity index (χ0) is 21.9. The van der Waals surface area contributed by atoms with Crippen molar-refractivity contribution in [2.45, 2.75) is 44.8 Å². The quantitative estimate of drug-likeness (QED) is 0.707. The van der Waals surface area contributed by atoms with Gasteiger partial charge in [-0.3, -0.25) is 19.6 Å². The molecule has 0 bridgehead atoms. The molecule has 0 radical (unpaired) electrons. The van der Waals surface area contributed by atoms with Crippen LogP contribution in [0, 0.1) is 0 Å². The van der Waals surface area contributed by atoms with Gasteiger partial charge in [-0.25, -0.2) is 4.79 Å². The summed E-state index contributed by atoms with van der Waals surface area (Å²) in [5.41, 5.74) is -0.0214. The summed E-state index contributed by atoms with van der Waals surface area (Å²) in [4.78, 5) is 41.6. The molecular formula is C21H28N4O5. The highest BCUT2D eigenvalue weighted by atomic mass is 16.7. The van der Waals surface area contributed by atoms with E-state index in [0.717, 1.165) is 0 Å². The predicted molar refractivity (Wildman–Crippen MR) is 111 cm³/mol. The monoisotopic (exact) mass is 416 g/mol. The average molecular weight is 416 g/mol. The van der Waals surface area contributed by atoms with E-state index in [4.69, 9.17) is 14.3 Å². The first kappa shape index (κ1) is 21.9. The molecule has 0 unspecified atom stereocenters. The molecule has 2 aromatic heterocycles. The average Bonchev–Trinajstić information content (AvgIpc) is 2.73. The smallest absolute Gasteiger partial charge is 0.410 e. The van der Waals surface area contributed by atoms with Gasteiger partial charge >= 0.3 is 6.09 Å². The van der Waals surface area contributed by atoms with Crippen LogP contribution >= 0.6 is 0 Å². The lowest BCUT2D eigenvalue weighted by atomic mass is 9.90. The lowest BCUT2D eigenvalue weighted by Gasteiger charge is -2.41. The molecule has 2 amide bonds. The van der Waals surface area contributed by atoms with Crippen molar-refractivity contribution in [3.63, 3.8) is 0 Å². The van der Waals surface area contributed by atoms with E-state index in [1.807, 2.05) is 26.8 Å². The maximum Gasteiger partial charge on any atom is 0.410 e. The number of hydroxylamine groups is 1. The molecule has 1 aliphatic heterocycles. The van der Waals surface area contributed by atoms with Crippen molar-refractivity contribution in [2.75, 3.05) is 32.4 Å². The van der Waals surface area contributed by atoms with E-state index in [1.165, 1.54) is 19.3 Å². The van der Waals surface area contributed by atoms with E-state index in [9.17, 15) is 9.59 Å². The number of piperidine rings is 1. The maximum atomic E-state index is 13.5. The Hall–Kier alpha value is -2.78. The van der Waals surface area contributed by atoms with Crippen LogP contribution in [0.2, 0.25) is 0 Å². The van der Waals surface area contributed by atoms with Crippen molar-refractivity contribution >= 4 is 28.7 Å². The highest BCUT2D eigenvalue weighted by Crippen LogP contribution is 2.32. The molecule has 3 heterocycles. The summed E-state index contributed by atoms with van der Waals surface area (Å²) in [6.45, 7) is 6.13. The molecule has 0 atom stereocenters. The molecule has 1 saturated heterocycles. The summed E-state index contributed by atoms with van der Waals surface area (Å²) in [6, 6.07) is 5.27. The van der Waals surface area contributed by atoms with Gasteiger partial charge in [-0.2, -0.15) is 5.06 Å². The Morgan fingerprint density at radius 3 is 2.40 bits per heavy atom. The number of anilines is 1. The fourth-order valence-electron chi connectivity index (χ4n) is 3.49. The van der Waals surface area contributed by atoms with Crippen LogP contribution in [0.3, 0.4) is 0 Å². The van der Waals surface area contributed by atoms with Crippen molar-refractivity contribution in [2.24, 2.45) is 0 Å². The third-order valence-electron chi connectivity index (χ3n) is 5.06. The summed E-state index contributed by atoms with van der Waals surface area (Å²) in [6.07, 6.45) is 3.48. The van der Waals surface area contributed by atoms with Crippen LogP contribution in [0.4, 0.5) is 10.5 Å². The van der Waals surface area contributed by atoms with Crippen molar-refractivity contribution in [1.29, 1.82) is 0 Å². The van der Waals surface area contributed by atoms with Crippen LogP contribution in [-0.2, 0) is 19.1 Å². The Morgan fingerprint density at radius 2 is 1.80 bits per heavy atom. The van der Waals surface area contributed by atoms with E-state index < -0.39 is 17.3 Å². The van der Waals surface area contributed by atoms with Crippen LogP contribution in [0.5, 0.6) is 0 Å². The molecule has 0 aromatic carbocycles. The second kappa shape index (κ2) is 8.53. The Balaban J connectivity index is 1.82. The molecule has 1 aliphatic rings. The van der Waals surface area contributed by atoms with Gasteiger partial charge in [-0.05, 0) is 39.0 Å². The van der Waals surface area contributed by atoms with Crippen molar-refractivity contribution < 1.29 is 23.9 Å². The van der Waals surface area contributed by atoms with E-state index >= 15 is 0 Å². The molecular weight excluding hydrogens is 388 g/mol. The number of ether oxygens (including phenoxy) is 2. The van der Waals surface area contributed by atoms with Gasteiger partial charge in [0.15, 0.2) is 5.60 Å².